The summed E-state index contributed by atoms with van der Waals surface area (Å²) >= 11 is 0. The lowest BCUT2D eigenvalue weighted by Gasteiger charge is -2.30. The highest BCUT2D eigenvalue weighted by molar-refractivity contribution is 7.92. The molecule has 1 atom stereocenters. The molecule has 158 valence electrons. The first-order chi connectivity index (χ1) is 13.5. The molecule has 0 aliphatic rings. The third kappa shape index (κ3) is 6.22. The van der Waals surface area contributed by atoms with Crippen LogP contribution in [0.4, 0.5) is 11.4 Å². The average molecular weight is 419 g/mol. The molecular formula is C22H30N2O4S. The molecule has 2 aromatic rings. The lowest BCUT2D eigenvalue weighted by Crippen LogP contribution is -2.47. The number of aryl methyl sites for hydroxylation is 2. The van der Waals surface area contributed by atoms with Crippen LogP contribution < -0.4 is 14.4 Å². The van der Waals surface area contributed by atoms with Crippen molar-refractivity contribution in [2.24, 2.45) is 0 Å². The van der Waals surface area contributed by atoms with Gasteiger partial charge in [0.15, 0.2) is 0 Å². The van der Waals surface area contributed by atoms with Gasteiger partial charge in [-0.05, 0) is 81.6 Å². The van der Waals surface area contributed by atoms with E-state index in [1.165, 1.54) is 4.31 Å². The monoisotopic (exact) mass is 418 g/mol. The van der Waals surface area contributed by atoms with Gasteiger partial charge in [-0.15, -0.1) is 0 Å². The Morgan fingerprint density at radius 2 is 1.62 bits per heavy atom. The molecule has 0 bridgehead atoms. The van der Waals surface area contributed by atoms with Crippen LogP contribution in [0.3, 0.4) is 0 Å². The van der Waals surface area contributed by atoms with Crippen molar-refractivity contribution in [3.05, 3.63) is 53.6 Å². The Bertz CT molecular complexity index is 933. The van der Waals surface area contributed by atoms with Gasteiger partial charge in [-0.3, -0.25) is 9.10 Å². The number of amides is 1. The highest BCUT2D eigenvalue weighted by Gasteiger charge is 2.31. The minimum atomic E-state index is -3.67. The number of ether oxygens (including phenoxy) is 1. The van der Waals surface area contributed by atoms with Gasteiger partial charge in [0, 0.05) is 5.69 Å². The quantitative estimate of drug-likeness (QED) is 0.694. The van der Waals surface area contributed by atoms with Crippen LogP contribution >= 0.6 is 0 Å². The zero-order valence-electron chi connectivity index (χ0n) is 17.9. The third-order valence-corrected chi connectivity index (χ3v) is 5.46. The van der Waals surface area contributed by atoms with Gasteiger partial charge in [-0.25, -0.2) is 8.42 Å². The van der Waals surface area contributed by atoms with Crippen molar-refractivity contribution in [3.63, 3.8) is 0 Å². The predicted octanol–water partition coefficient (Wildman–Crippen LogP) is 4.27. The minimum Gasteiger partial charge on any atom is -0.491 e. The second kappa shape index (κ2) is 9.31. The molecule has 0 aromatic heterocycles. The van der Waals surface area contributed by atoms with E-state index in [0.717, 1.165) is 17.4 Å². The molecule has 7 heteroatoms. The number of carbonyl (C=O) groups is 1. The largest absolute Gasteiger partial charge is 0.491 e. The van der Waals surface area contributed by atoms with Crippen molar-refractivity contribution in [1.82, 2.24) is 0 Å². The molecule has 1 unspecified atom stereocenters. The highest BCUT2D eigenvalue weighted by atomic mass is 32.2. The fourth-order valence-electron chi connectivity index (χ4n) is 3.25. The molecule has 1 N–H and O–H groups in total. The lowest BCUT2D eigenvalue weighted by atomic mass is 10.1. The Morgan fingerprint density at radius 1 is 1.07 bits per heavy atom. The maximum atomic E-state index is 13.0. The summed E-state index contributed by atoms with van der Waals surface area (Å²) in [5.41, 5.74) is 2.94. The molecule has 0 saturated heterocycles. The second-order valence-corrected chi connectivity index (χ2v) is 9.37. The average Bonchev–Trinajstić information content (AvgIpc) is 2.58. The maximum Gasteiger partial charge on any atom is 0.248 e. The minimum absolute atomic E-state index is 0.0565. The lowest BCUT2D eigenvalue weighted by molar-refractivity contribution is -0.117. The van der Waals surface area contributed by atoms with E-state index in [1.54, 1.807) is 43.3 Å². The van der Waals surface area contributed by atoms with E-state index in [2.05, 4.69) is 5.32 Å². The van der Waals surface area contributed by atoms with Crippen LogP contribution in [0.5, 0.6) is 5.75 Å². The van der Waals surface area contributed by atoms with Crippen molar-refractivity contribution in [3.8, 4) is 5.75 Å². The van der Waals surface area contributed by atoms with E-state index in [1.807, 2.05) is 33.8 Å². The number of nitrogens with zero attached hydrogens (tertiary/aromatic N) is 1. The van der Waals surface area contributed by atoms with Gasteiger partial charge in [0.05, 0.1) is 18.0 Å². The highest BCUT2D eigenvalue weighted by Crippen LogP contribution is 2.26. The van der Waals surface area contributed by atoms with Crippen LogP contribution in [0.2, 0.25) is 0 Å². The van der Waals surface area contributed by atoms with Gasteiger partial charge in [-0.1, -0.05) is 13.0 Å². The van der Waals surface area contributed by atoms with E-state index in [0.29, 0.717) is 23.5 Å². The van der Waals surface area contributed by atoms with E-state index < -0.39 is 16.1 Å². The van der Waals surface area contributed by atoms with Crippen LogP contribution in [-0.4, -0.2) is 32.7 Å². The Kier molecular flexibility index (Phi) is 7.30. The summed E-state index contributed by atoms with van der Waals surface area (Å²) in [6, 6.07) is 11.7. The number of sulfonamides is 1. The number of hydrogen-bond donors (Lipinski definition) is 1. The number of carbonyl (C=O) groups excluding carboxylic acids is 1. The SMILES string of the molecule is CCC(C(=O)Nc1ccc(OC(C)C)cc1)N(c1cc(C)cc(C)c1)S(C)(=O)=O. The molecule has 29 heavy (non-hydrogen) atoms. The summed E-state index contributed by atoms with van der Waals surface area (Å²) in [7, 11) is -3.67. The van der Waals surface area contributed by atoms with Crippen molar-refractivity contribution < 1.29 is 17.9 Å². The fourth-order valence-corrected chi connectivity index (χ4v) is 4.45. The summed E-state index contributed by atoms with van der Waals surface area (Å²) in [5.74, 6) is 0.327. The van der Waals surface area contributed by atoms with Gasteiger partial charge in [0.25, 0.3) is 0 Å². The first-order valence-corrected chi connectivity index (χ1v) is 11.5. The van der Waals surface area contributed by atoms with Crippen LogP contribution in [0.25, 0.3) is 0 Å². The van der Waals surface area contributed by atoms with Gasteiger partial charge in [0.2, 0.25) is 15.9 Å². The first kappa shape index (κ1) is 22.7. The molecule has 1 amide bonds. The Morgan fingerprint density at radius 3 is 2.07 bits per heavy atom. The number of rotatable bonds is 8. The normalized spacial score (nSPS) is 12.5. The summed E-state index contributed by atoms with van der Waals surface area (Å²) in [6.07, 6.45) is 1.51. The summed E-state index contributed by atoms with van der Waals surface area (Å²) in [5, 5.41) is 2.82. The van der Waals surface area contributed by atoms with E-state index in [-0.39, 0.29) is 12.0 Å². The number of hydrogen-bond acceptors (Lipinski definition) is 4. The number of nitrogens with one attached hydrogen (secondary N) is 1. The van der Waals surface area contributed by atoms with Crippen LogP contribution in [0.1, 0.15) is 38.3 Å². The van der Waals surface area contributed by atoms with Crippen LogP contribution in [0.15, 0.2) is 42.5 Å². The third-order valence-electron chi connectivity index (χ3n) is 4.28. The molecule has 0 aliphatic heterocycles. The van der Waals surface area contributed by atoms with Crippen molar-refractivity contribution in [2.45, 2.75) is 53.2 Å². The molecular weight excluding hydrogens is 388 g/mol. The zero-order chi connectivity index (χ0) is 21.8. The Labute approximate surface area is 173 Å². The number of anilines is 2. The second-order valence-electron chi connectivity index (χ2n) is 7.51. The topological polar surface area (TPSA) is 75.7 Å². The zero-order valence-corrected chi connectivity index (χ0v) is 18.7. The van der Waals surface area contributed by atoms with E-state index in [4.69, 9.17) is 4.74 Å². The Hall–Kier alpha value is -2.54. The number of benzene rings is 2. The molecule has 0 aliphatic carbocycles. The summed E-state index contributed by atoms with van der Waals surface area (Å²) < 4.78 is 32.0. The van der Waals surface area contributed by atoms with Crippen molar-refractivity contribution in [2.75, 3.05) is 15.9 Å². The summed E-state index contributed by atoms with van der Waals surface area (Å²) in [4.78, 5) is 13.0. The van der Waals surface area contributed by atoms with E-state index in [9.17, 15) is 13.2 Å². The van der Waals surface area contributed by atoms with Gasteiger partial charge >= 0.3 is 0 Å². The molecule has 2 rings (SSSR count). The van der Waals surface area contributed by atoms with Crippen molar-refractivity contribution in [1.29, 1.82) is 0 Å². The van der Waals surface area contributed by atoms with Crippen molar-refractivity contribution >= 4 is 27.3 Å². The maximum absolute atomic E-state index is 13.0. The molecule has 0 radical (unpaired) electrons. The van der Waals surface area contributed by atoms with Gasteiger partial charge < -0.3 is 10.1 Å². The Balaban J connectivity index is 2.31. The summed E-state index contributed by atoms with van der Waals surface area (Å²) in [6.45, 7) is 9.48. The van der Waals surface area contributed by atoms with Gasteiger partial charge in [-0.2, -0.15) is 0 Å². The molecule has 6 nitrogen and oxygen atoms in total. The molecule has 2 aromatic carbocycles. The first-order valence-electron chi connectivity index (χ1n) is 9.66. The van der Waals surface area contributed by atoms with Crippen LogP contribution in [0, 0.1) is 13.8 Å². The molecule has 0 spiro atoms. The molecule has 0 heterocycles. The van der Waals surface area contributed by atoms with Gasteiger partial charge in [0.1, 0.15) is 11.8 Å². The van der Waals surface area contributed by atoms with E-state index >= 15 is 0 Å². The smallest absolute Gasteiger partial charge is 0.248 e. The molecule has 0 fully saturated rings. The molecule has 0 saturated carbocycles. The van der Waals surface area contributed by atoms with Crippen LogP contribution in [-0.2, 0) is 14.8 Å². The standard InChI is InChI=1S/C22H30N2O4S/c1-7-21(22(25)23-18-8-10-20(11-9-18)28-15(2)3)24(29(6,26)27)19-13-16(4)12-17(5)14-19/h8-15,21H,7H2,1-6H3,(H,23,25). The predicted molar refractivity (Wildman–Crippen MR) is 118 cm³/mol. The fraction of sp³-hybridized carbons (Fsp3) is 0.409.